The first kappa shape index (κ1) is 22.2. The average molecular weight is 415 g/mol. The van der Waals surface area contributed by atoms with Gasteiger partial charge in [-0.15, -0.1) is 0 Å². The Morgan fingerprint density at radius 3 is 2.63 bits per heavy atom. The Balaban J connectivity index is 2.47. The monoisotopic (exact) mass is 415 g/mol. The molecule has 10 heteroatoms. The number of hydrogen-bond acceptors (Lipinski definition) is 7. The van der Waals surface area contributed by atoms with Crippen LogP contribution in [-0.2, 0) is 11.3 Å². The number of aryl methyl sites for hydroxylation is 1. The average Bonchev–Trinajstić information content (AvgIpc) is 2.71. The molecular weight excluding hydrogens is 397 g/mol. The molecule has 0 radical (unpaired) electrons. The van der Waals surface area contributed by atoms with Gasteiger partial charge in [-0.05, 0) is 18.6 Å². The number of methoxy groups -OCH3 is 1. The Kier molecular flexibility index (Phi) is 6.59. The van der Waals surface area contributed by atoms with E-state index >= 15 is 0 Å². The van der Waals surface area contributed by atoms with Crippen molar-refractivity contribution < 1.29 is 29.1 Å². The number of nitriles is 1. The van der Waals surface area contributed by atoms with E-state index in [1.54, 1.807) is 25.1 Å². The van der Waals surface area contributed by atoms with Crippen molar-refractivity contribution in [1.29, 1.82) is 5.26 Å². The number of aliphatic hydroxyl groups excluding tert-OH is 1. The molecule has 156 valence electrons. The zero-order chi connectivity index (χ0) is 22.6. The van der Waals surface area contributed by atoms with E-state index in [4.69, 9.17) is 4.74 Å². The number of rotatable bonds is 6. The number of nitrogens with zero attached hydrogens (tertiary/aromatic N) is 3. The molecule has 0 aliphatic heterocycles. The summed E-state index contributed by atoms with van der Waals surface area (Å²) in [5, 5.41) is 40.8. The van der Waals surface area contributed by atoms with Crippen LogP contribution < -0.4 is 4.74 Å². The van der Waals surface area contributed by atoms with Crippen LogP contribution in [0.15, 0.2) is 35.9 Å². The first-order chi connectivity index (χ1) is 14.1. The van der Waals surface area contributed by atoms with E-state index in [2.05, 4.69) is 0 Å². The molecule has 2 N–H and O–H groups in total. The van der Waals surface area contributed by atoms with Gasteiger partial charge < -0.3 is 19.8 Å². The van der Waals surface area contributed by atoms with Crippen molar-refractivity contribution in [2.24, 2.45) is 0 Å². The molecule has 0 saturated carbocycles. The van der Waals surface area contributed by atoms with Gasteiger partial charge in [0.25, 0.3) is 5.91 Å². The largest absolute Gasteiger partial charge is 0.506 e. The van der Waals surface area contributed by atoms with Crippen LogP contribution in [-0.4, -0.2) is 40.1 Å². The number of nitro benzene ring substituents is 1. The second kappa shape index (κ2) is 8.91. The summed E-state index contributed by atoms with van der Waals surface area (Å²) >= 11 is 0. The summed E-state index contributed by atoms with van der Waals surface area (Å²) in [6.07, 6.45) is 0. The second-order valence-corrected chi connectivity index (χ2v) is 6.35. The van der Waals surface area contributed by atoms with Gasteiger partial charge in [-0.3, -0.25) is 14.9 Å². The highest BCUT2D eigenvalue weighted by molar-refractivity contribution is 6.03. The molecule has 0 atom stereocenters. The van der Waals surface area contributed by atoms with Gasteiger partial charge in [-0.25, -0.2) is 4.39 Å². The van der Waals surface area contributed by atoms with E-state index in [9.17, 15) is 34.8 Å². The Bertz CT molecular complexity index is 1090. The third-order valence-electron chi connectivity index (χ3n) is 4.33. The smallest absolute Gasteiger partial charge is 0.315 e. The highest BCUT2D eigenvalue weighted by atomic mass is 19.1. The zero-order valence-corrected chi connectivity index (χ0v) is 16.3. The number of phenolic OH excluding ortho intramolecular Hbond substituents is 1. The highest BCUT2D eigenvalue weighted by Gasteiger charge is 2.26. The number of phenols is 1. The molecule has 2 aromatic rings. The van der Waals surface area contributed by atoms with Gasteiger partial charge in [-0.2, -0.15) is 5.26 Å². The lowest BCUT2D eigenvalue weighted by Gasteiger charge is -2.18. The van der Waals surface area contributed by atoms with Crippen molar-refractivity contribution in [2.45, 2.75) is 13.5 Å². The second-order valence-electron chi connectivity index (χ2n) is 6.35. The number of halogens is 1. The Hall–Kier alpha value is -4.13. The Morgan fingerprint density at radius 1 is 1.40 bits per heavy atom. The minimum absolute atomic E-state index is 0.177. The van der Waals surface area contributed by atoms with Crippen LogP contribution >= 0.6 is 0 Å². The molecule has 0 spiro atoms. The molecule has 0 saturated heterocycles. The SMILES string of the molecule is COc1cc(/C(O)=C(\C#N)C(=O)N(C)Cc2cccc(C)c2F)cc([N+](=O)[O-])c1O. The summed E-state index contributed by atoms with van der Waals surface area (Å²) in [5.74, 6) is -3.37. The maximum atomic E-state index is 14.2. The minimum atomic E-state index is -0.925. The number of aliphatic hydroxyl groups is 1. The number of carbonyl (C=O) groups excluding carboxylic acids is 1. The van der Waals surface area contributed by atoms with Crippen LogP contribution in [0.3, 0.4) is 0 Å². The van der Waals surface area contributed by atoms with Crippen molar-refractivity contribution in [1.82, 2.24) is 4.90 Å². The predicted molar refractivity (Wildman–Crippen MR) is 104 cm³/mol. The number of carbonyl (C=O) groups is 1. The third kappa shape index (κ3) is 4.30. The van der Waals surface area contributed by atoms with Gasteiger partial charge in [0.15, 0.2) is 11.3 Å². The molecular formula is C20H18FN3O6. The van der Waals surface area contributed by atoms with Crippen LogP contribution in [0.1, 0.15) is 16.7 Å². The van der Waals surface area contributed by atoms with Crippen molar-refractivity contribution in [3.05, 3.63) is 68.5 Å². The van der Waals surface area contributed by atoms with Crippen molar-refractivity contribution in [2.75, 3.05) is 14.2 Å². The molecule has 0 fully saturated rings. The summed E-state index contributed by atoms with van der Waals surface area (Å²) in [6.45, 7) is 1.39. The molecule has 2 rings (SSSR count). The summed E-state index contributed by atoms with van der Waals surface area (Å²) < 4.78 is 19.1. The van der Waals surface area contributed by atoms with Gasteiger partial charge in [0.05, 0.1) is 12.0 Å². The van der Waals surface area contributed by atoms with Gasteiger partial charge in [0.1, 0.15) is 17.6 Å². The van der Waals surface area contributed by atoms with E-state index in [0.717, 1.165) is 24.1 Å². The normalized spacial score (nSPS) is 11.3. The lowest BCUT2D eigenvalue weighted by Crippen LogP contribution is -2.28. The first-order valence-electron chi connectivity index (χ1n) is 8.50. The highest BCUT2D eigenvalue weighted by Crippen LogP contribution is 2.38. The van der Waals surface area contributed by atoms with E-state index in [1.165, 1.54) is 13.1 Å². The summed E-state index contributed by atoms with van der Waals surface area (Å²) in [5.41, 5.74) is -1.18. The van der Waals surface area contributed by atoms with E-state index in [1.807, 2.05) is 0 Å². The van der Waals surface area contributed by atoms with Gasteiger partial charge in [0.2, 0.25) is 5.75 Å². The fourth-order valence-electron chi connectivity index (χ4n) is 2.72. The molecule has 0 aliphatic rings. The maximum absolute atomic E-state index is 14.2. The number of amides is 1. The topological polar surface area (TPSA) is 137 Å². The van der Waals surface area contributed by atoms with Crippen molar-refractivity contribution >= 4 is 17.4 Å². The summed E-state index contributed by atoms with van der Waals surface area (Å²) in [6, 6.07) is 8.08. The van der Waals surface area contributed by atoms with E-state index in [0.29, 0.717) is 5.56 Å². The molecule has 30 heavy (non-hydrogen) atoms. The summed E-state index contributed by atoms with van der Waals surface area (Å²) in [4.78, 5) is 23.9. The van der Waals surface area contributed by atoms with Crippen molar-refractivity contribution in [3.8, 4) is 17.6 Å². The molecule has 9 nitrogen and oxygen atoms in total. The molecule has 2 aromatic carbocycles. The van der Waals surface area contributed by atoms with Crippen molar-refractivity contribution in [3.63, 3.8) is 0 Å². The molecule has 0 unspecified atom stereocenters. The van der Waals surface area contributed by atoms with Crippen LogP contribution in [0.2, 0.25) is 0 Å². The van der Waals surface area contributed by atoms with Crippen LogP contribution in [0.5, 0.6) is 11.5 Å². The quantitative estimate of drug-likeness (QED) is 0.243. The molecule has 0 bridgehead atoms. The van der Waals surface area contributed by atoms with Gasteiger partial charge >= 0.3 is 5.69 Å². The number of benzene rings is 2. The van der Waals surface area contributed by atoms with Crippen LogP contribution in [0.25, 0.3) is 5.76 Å². The number of likely N-dealkylation sites (N-methyl/N-ethyl adjacent to an activating group) is 1. The standard InChI is InChI=1S/C20H18FN3O6/c1-11-5-4-6-12(17(11)21)10-23(2)20(27)14(9-22)18(25)13-7-15(24(28)29)19(26)16(8-13)30-3/h4-8,25-26H,10H2,1-3H3/b18-14-. The molecule has 0 aliphatic carbocycles. The van der Waals surface area contributed by atoms with E-state index in [-0.39, 0.29) is 23.4 Å². The van der Waals surface area contributed by atoms with E-state index < -0.39 is 39.4 Å². The van der Waals surface area contributed by atoms with Gasteiger partial charge in [-0.1, -0.05) is 18.2 Å². The minimum Gasteiger partial charge on any atom is -0.506 e. The molecule has 0 heterocycles. The first-order valence-corrected chi connectivity index (χ1v) is 8.50. The fraction of sp³-hybridized carbons (Fsp3) is 0.200. The summed E-state index contributed by atoms with van der Waals surface area (Å²) in [7, 11) is 2.46. The Morgan fingerprint density at radius 2 is 2.07 bits per heavy atom. The fourth-order valence-corrected chi connectivity index (χ4v) is 2.72. The molecule has 1 amide bonds. The van der Waals surface area contributed by atoms with Gasteiger partial charge in [0, 0.05) is 30.8 Å². The maximum Gasteiger partial charge on any atom is 0.315 e. The predicted octanol–water partition coefficient (Wildman–Crippen LogP) is 3.21. The third-order valence-corrected chi connectivity index (χ3v) is 4.33. The van der Waals surface area contributed by atoms with Crippen LogP contribution in [0.4, 0.5) is 10.1 Å². The number of nitro groups is 1. The zero-order valence-electron chi connectivity index (χ0n) is 16.3. The Labute approximate surface area is 171 Å². The molecule has 0 aromatic heterocycles. The lowest BCUT2D eigenvalue weighted by atomic mass is 10.1. The number of aromatic hydroxyl groups is 1. The lowest BCUT2D eigenvalue weighted by molar-refractivity contribution is -0.386. The van der Waals surface area contributed by atoms with Crippen LogP contribution in [0, 0.1) is 34.2 Å². The number of hydrogen-bond donors (Lipinski definition) is 2. The number of ether oxygens (including phenoxy) is 1.